The second kappa shape index (κ2) is 9.67. The molecule has 4 aromatic rings. The van der Waals surface area contributed by atoms with Crippen molar-refractivity contribution in [1.82, 2.24) is 9.55 Å². The average Bonchev–Trinajstić information content (AvgIpc) is 2.82. The highest BCUT2D eigenvalue weighted by atomic mass is 35.5. The Morgan fingerprint density at radius 2 is 1.76 bits per heavy atom. The molecule has 0 aliphatic heterocycles. The van der Waals surface area contributed by atoms with E-state index in [0.717, 1.165) is 5.56 Å². The van der Waals surface area contributed by atoms with Gasteiger partial charge in [-0.15, -0.1) is 0 Å². The molecular formula is C25H20ClN3O4. The average molecular weight is 462 g/mol. The van der Waals surface area contributed by atoms with Crippen LogP contribution in [-0.4, -0.2) is 28.0 Å². The van der Waals surface area contributed by atoms with E-state index in [1.54, 1.807) is 49.4 Å². The molecule has 0 saturated heterocycles. The van der Waals surface area contributed by atoms with E-state index in [1.165, 1.54) is 4.57 Å². The molecule has 3 aromatic carbocycles. The van der Waals surface area contributed by atoms with E-state index in [-0.39, 0.29) is 13.2 Å². The van der Waals surface area contributed by atoms with Gasteiger partial charge in [0.05, 0.1) is 23.4 Å². The molecule has 0 atom stereocenters. The molecule has 8 heteroatoms. The van der Waals surface area contributed by atoms with Crippen LogP contribution >= 0.6 is 11.6 Å². The van der Waals surface area contributed by atoms with Crippen LogP contribution in [-0.2, 0) is 16.1 Å². The normalized spacial score (nSPS) is 10.7. The minimum absolute atomic E-state index is 0.237. The van der Waals surface area contributed by atoms with Crippen molar-refractivity contribution in [3.8, 4) is 11.3 Å². The lowest BCUT2D eigenvalue weighted by Gasteiger charge is -2.13. The Morgan fingerprint density at radius 3 is 2.45 bits per heavy atom. The van der Waals surface area contributed by atoms with Crippen LogP contribution in [0.1, 0.15) is 17.3 Å². The maximum Gasteiger partial charge on any atom is 0.349 e. The maximum atomic E-state index is 12.9. The van der Waals surface area contributed by atoms with Crippen molar-refractivity contribution in [2.75, 3.05) is 11.9 Å². The number of anilines is 1. The fraction of sp³-hybridized carbons (Fsp3) is 0.120. The van der Waals surface area contributed by atoms with Crippen molar-refractivity contribution in [1.29, 1.82) is 0 Å². The largest absolute Gasteiger partial charge is 0.462 e. The van der Waals surface area contributed by atoms with Gasteiger partial charge < -0.3 is 10.1 Å². The molecule has 0 unspecified atom stereocenters. The molecule has 1 aromatic heterocycles. The van der Waals surface area contributed by atoms with Crippen LogP contribution in [0.5, 0.6) is 0 Å². The highest BCUT2D eigenvalue weighted by molar-refractivity contribution is 6.31. The first-order valence-corrected chi connectivity index (χ1v) is 10.7. The zero-order chi connectivity index (χ0) is 23.4. The number of rotatable bonds is 6. The van der Waals surface area contributed by atoms with Crippen LogP contribution in [0.3, 0.4) is 0 Å². The number of esters is 1. The number of halogens is 1. The highest BCUT2D eigenvalue weighted by Crippen LogP contribution is 2.27. The molecule has 33 heavy (non-hydrogen) atoms. The lowest BCUT2D eigenvalue weighted by molar-refractivity contribution is -0.116. The quantitative estimate of drug-likeness (QED) is 0.426. The van der Waals surface area contributed by atoms with E-state index in [2.05, 4.69) is 10.3 Å². The van der Waals surface area contributed by atoms with Gasteiger partial charge in [0.1, 0.15) is 6.54 Å². The third-order valence-corrected chi connectivity index (χ3v) is 5.21. The Balaban J connectivity index is 1.63. The Labute approximate surface area is 194 Å². The van der Waals surface area contributed by atoms with Crippen molar-refractivity contribution in [3.63, 3.8) is 0 Å². The lowest BCUT2D eigenvalue weighted by Crippen LogP contribution is -2.30. The second-order valence-corrected chi connectivity index (χ2v) is 7.64. The van der Waals surface area contributed by atoms with Crippen molar-refractivity contribution in [3.05, 3.63) is 93.9 Å². The predicted octanol–water partition coefficient (Wildman–Crippen LogP) is 4.53. The summed E-state index contributed by atoms with van der Waals surface area (Å²) >= 11 is 6.21. The summed E-state index contributed by atoms with van der Waals surface area (Å²) in [6.07, 6.45) is 0. The lowest BCUT2D eigenvalue weighted by atomic mass is 10.1. The fourth-order valence-corrected chi connectivity index (χ4v) is 3.64. The van der Waals surface area contributed by atoms with Crippen LogP contribution < -0.4 is 11.0 Å². The molecular weight excluding hydrogens is 442 g/mol. The summed E-state index contributed by atoms with van der Waals surface area (Å²) in [4.78, 5) is 41.6. The van der Waals surface area contributed by atoms with Gasteiger partial charge in [0.15, 0.2) is 0 Å². The topological polar surface area (TPSA) is 90.3 Å². The Bertz CT molecular complexity index is 1380. The number of aromatic nitrogens is 2. The van der Waals surface area contributed by atoms with Crippen molar-refractivity contribution >= 4 is 40.1 Å². The minimum Gasteiger partial charge on any atom is -0.462 e. The highest BCUT2D eigenvalue weighted by Gasteiger charge is 2.15. The van der Waals surface area contributed by atoms with Crippen LogP contribution in [0.15, 0.2) is 77.6 Å². The van der Waals surface area contributed by atoms with E-state index in [4.69, 9.17) is 16.3 Å². The molecule has 7 nitrogen and oxygen atoms in total. The molecule has 0 bridgehead atoms. The molecule has 0 aliphatic carbocycles. The predicted molar refractivity (Wildman–Crippen MR) is 127 cm³/mol. The monoisotopic (exact) mass is 461 g/mol. The van der Waals surface area contributed by atoms with Gasteiger partial charge in [-0.2, -0.15) is 4.98 Å². The van der Waals surface area contributed by atoms with E-state index >= 15 is 0 Å². The first kappa shape index (κ1) is 22.2. The van der Waals surface area contributed by atoms with Gasteiger partial charge >= 0.3 is 11.7 Å². The van der Waals surface area contributed by atoms with E-state index < -0.39 is 17.6 Å². The number of fused-ring (bicyclic) bond motifs is 1. The molecule has 0 aliphatic rings. The maximum absolute atomic E-state index is 12.9. The Hall–Kier alpha value is -3.97. The SMILES string of the molecule is CCOC(=O)c1ccc(NC(=O)Cn2c(=O)nc(-c3ccccc3)c3cc(Cl)ccc32)cc1. The molecule has 1 N–H and O–H groups in total. The number of amides is 1. The standard InChI is InChI=1S/C25H20ClN3O4/c1-2-33-24(31)17-8-11-19(12-9-17)27-22(30)15-29-21-13-10-18(26)14-20(21)23(28-25(29)32)16-6-4-3-5-7-16/h3-14H,2,15H2,1H3,(H,27,30). The first-order valence-electron chi connectivity index (χ1n) is 10.3. The first-order chi connectivity index (χ1) is 16.0. The second-order valence-electron chi connectivity index (χ2n) is 7.20. The van der Waals surface area contributed by atoms with Crippen molar-refractivity contribution < 1.29 is 14.3 Å². The number of carbonyl (C=O) groups excluding carboxylic acids is 2. The molecule has 4 rings (SSSR count). The summed E-state index contributed by atoms with van der Waals surface area (Å²) in [6, 6.07) is 20.7. The summed E-state index contributed by atoms with van der Waals surface area (Å²) in [6.45, 7) is 1.77. The number of hydrogen-bond donors (Lipinski definition) is 1. The zero-order valence-corrected chi connectivity index (χ0v) is 18.5. The fourth-order valence-electron chi connectivity index (χ4n) is 3.47. The number of nitrogens with one attached hydrogen (secondary N) is 1. The van der Waals surface area contributed by atoms with E-state index in [9.17, 15) is 14.4 Å². The number of nitrogens with zero attached hydrogens (tertiary/aromatic N) is 2. The minimum atomic E-state index is -0.545. The number of hydrogen-bond acceptors (Lipinski definition) is 5. The van der Waals surface area contributed by atoms with Gasteiger partial charge in [-0.25, -0.2) is 9.59 Å². The Kier molecular flexibility index (Phi) is 6.51. The van der Waals surface area contributed by atoms with Gasteiger partial charge in [0.2, 0.25) is 5.91 Å². The molecule has 0 spiro atoms. The zero-order valence-electron chi connectivity index (χ0n) is 17.7. The molecule has 0 fully saturated rings. The molecule has 166 valence electrons. The number of ether oxygens (including phenoxy) is 1. The van der Waals surface area contributed by atoms with Gasteiger partial charge in [-0.05, 0) is 49.4 Å². The van der Waals surface area contributed by atoms with Gasteiger partial charge in [0.25, 0.3) is 0 Å². The van der Waals surface area contributed by atoms with Gasteiger partial charge in [-0.3, -0.25) is 9.36 Å². The summed E-state index contributed by atoms with van der Waals surface area (Å²) in [7, 11) is 0. The number of benzene rings is 3. The molecule has 1 heterocycles. The smallest absolute Gasteiger partial charge is 0.349 e. The summed E-state index contributed by atoms with van der Waals surface area (Å²) in [5.41, 5.74) is 2.16. The summed E-state index contributed by atoms with van der Waals surface area (Å²) < 4.78 is 6.26. The van der Waals surface area contributed by atoms with Crippen LogP contribution in [0, 0.1) is 0 Å². The number of carbonyl (C=O) groups is 2. The Morgan fingerprint density at radius 1 is 1.03 bits per heavy atom. The van der Waals surface area contributed by atoms with E-state index in [1.807, 2.05) is 30.3 Å². The van der Waals surface area contributed by atoms with Crippen molar-refractivity contribution in [2.24, 2.45) is 0 Å². The van der Waals surface area contributed by atoms with Crippen molar-refractivity contribution in [2.45, 2.75) is 13.5 Å². The molecule has 1 amide bonds. The summed E-state index contributed by atoms with van der Waals surface area (Å²) in [5, 5.41) is 3.90. The van der Waals surface area contributed by atoms with Crippen LogP contribution in [0.2, 0.25) is 5.02 Å². The van der Waals surface area contributed by atoms with Crippen LogP contribution in [0.25, 0.3) is 22.2 Å². The van der Waals surface area contributed by atoms with Gasteiger partial charge in [0, 0.05) is 21.7 Å². The van der Waals surface area contributed by atoms with E-state index in [0.29, 0.717) is 32.9 Å². The third kappa shape index (κ3) is 4.94. The molecule has 0 radical (unpaired) electrons. The molecule has 0 saturated carbocycles. The summed E-state index contributed by atoms with van der Waals surface area (Å²) in [5.74, 6) is -0.844. The van der Waals surface area contributed by atoms with Gasteiger partial charge in [-0.1, -0.05) is 41.9 Å². The third-order valence-electron chi connectivity index (χ3n) is 4.97. The van der Waals surface area contributed by atoms with Crippen LogP contribution in [0.4, 0.5) is 5.69 Å².